The Labute approximate surface area is 128 Å². The SMILES string of the molecule is CN(CCC(=O)c1cccc(Cl)c1Cl)Cc1ccoc1. The summed E-state index contributed by atoms with van der Waals surface area (Å²) in [6.45, 7) is 1.39. The van der Waals surface area contributed by atoms with E-state index in [4.69, 9.17) is 27.6 Å². The number of ketones is 1. The number of Topliss-reactive ketones (excluding diaryl/α,β-unsaturated/α-hetero) is 1. The van der Waals surface area contributed by atoms with Crippen molar-refractivity contribution in [3.05, 3.63) is 58.0 Å². The Kier molecular flexibility index (Phi) is 5.24. The van der Waals surface area contributed by atoms with Gasteiger partial charge in [0.25, 0.3) is 0 Å². The van der Waals surface area contributed by atoms with Gasteiger partial charge in [-0.05, 0) is 25.2 Å². The first-order valence-electron chi connectivity index (χ1n) is 6.24. The second-order valence-corrected chi connectivity index (χ2v) is 5.43. The fourth-order valence-electron chi connectivity index (χ4n) is 1.92. The summed E-state index contributed by atoms with van der Waals surface area (Å²) in [5.74, 6) is -0.00320. The second kappa shape index (κ2) is 6.93. The standard InChI is InChI=1S/C15H15Cl2NO2/c1-18(9-11-6-8-20-10-11)7-5-14(19)12-3-2-4-13(16)15(12)17/h2-4,6,8,10H,5,7,9H2,1H3. The Morgan fingerprint density at radius 3 is 2.80 bits per heavy atom. The monoisotopic (exact) mass is 311 g/mol. The zero-order valence-electron chi connectivity index (χ0n) is 11.1. The van der Waals surface area contributed by atoms with Gasteiger partial charge in [-0.2, -0.15) is 0 Å². The number of hydrogen-bond donors (Lipinski definition) is 0. The minimum Gasteiger partial charge on any atom is -0.472 e. The molecule has 0 aliphatic rings. The van der Waals surface area contributed by atoms with E-state index in [1.54, 1.807) is 30.7 Å². The molecule has 106 valence electrons. The third-order valence-electron chi connectivity index (χ3n) is 3.01. The number of hydrogen-bond acceptors (Lipinski definition) is 3. The highest BCUT2D eigenvalue weighted by Gasteiger charge is 2.13. The number of nitrogens with zero attached hydrogens (tertiary/aromatic N) is 1. The van der Waals surface area contributed by atoms with Crippen molar-refractivity contribution in [2.24, 2.45) is 0 Å². The summed E-state index contributed by atoms with van der Waals surface area (Å²) >= 11 is 12.0. The van der Waals surface area contributed by atoms with E-state index in [1.807, 2.05) is 13.1 Å². The topological polar surface area (TPSA) is 33.5 Å². The van der Waals surface area contributed by atoms with Crippen LogP contribution in [-0.2, 0) is 6.54 Å². The van der Waals surface area contributed by atoms with E-state index in [1.165, 1.54) is 0 Å². The van der Waals surface area contributed by atoms with Gasteiger partial charge in [0.2, 0.25) is 0 Å². The molecular weight excluding hydrogens is 297 g/mol. The first kappa shape index (κ1) is 15.1. The van der Waals surface area contributed by atoms with Gasteiger partial charge >= 0.3 is 0 Å². The molecule has 0 bridgehead atoms. The van der Waals surface area contributed by atoms with Gasteiger partial charge in [0, 0.05) is 30.6 Å². The van der Waals surface area contributed by atoms with Crippen LogP contribution in [0.4, 0.5) is 0 Å². The first-order valence-corrected chi connectivity index (χ1v) is 7.00. The van der Waals surface area contributed by atoms with E-state index in [-0.39, 0.29) is 5.78 Å². The predicted molar refractivity (Wildman–Crippen MR) is 80.5 cm³/mol. The van der Waals surface area contributed by atoms with Crippen molar-refractivity contribution < 1.29 is 9.21 Å². The summed E-state index contributed by atoms with van der Waals surface area (Å²) in [6.07, 6.45) is 3.74. The lowest BCUT2D eigenvalue weighted by Crippen LogP contribution is -2.21. The third kappa shape index (κ3) is 3.85. The Morgan fingerprint density at radius 2 is 2.10 bits per heavy atom. The molecule has 0 saturated heterocycles. The number of carbonyl (C=O) groups is 1. The highest BCUT2D eigenvalue weighted by atomic mass is 35.5. The van der Waals surface area contributed by atoms with Crippen LogP contribution in [0, 0.1) is 0 Å². The quantitative estimate of drug-likeness (QED) is 0.746. The second-order valence-electron chi connectivity index (χ2n) is 4.64. The first-order chi connectivity index (χ1) is 9.58. The Hall–Kier alpha value is -1.29. The zero-order chi connectivity index (χ0) is 14.5. The molecule has 0 amide bonds. The van der Waals surface area contributed by atoms with Gasteiger partial charge in [-0.1, -0.05) is 29.3 Å². The maximum Gasteiger partial charge on any atom is 0.165 e. The average molecular weight is 312 g/mol. The van der Waals surface area contributed by atoms with Crippen LogP contribution in [0.1, 0.15) is 22.3 Å². The van der Waals surface area contributed by atoms with Crippen molar-refractivity contribution in [3.8, 4) is 0 Å². The molecular formula is C15H15Cl2NO2. The van der Waals surface area contributed by atoms with E-state index in [0.29, 0.717) is 28.6 Å². The van der Waals surface area contributed by atoms with Gasteiger partial charge in [-0.3, -0.25) is 4.79 Å². The van der Waals surface area contributed by atoms with Crippen LogP contribution in [0.3, 0.4) is 0 Å². The van der Waals surface area contributed by atoms with E-state index in [9.17, 15) is 4.79 Å². The normalized spacial score (nSPS) is 11.0. The van der Waals surface area contributed by atoms with Crippen LogP contribution in [0.25, 0.3) is 0 Å². The molecule has 0 aliphatic heterocycles. The molecule has 0 fully saturated rings. The van der Waals surface area contributed by atoms with E-state index < -0.39 is 0 Å². The van der Waals surface area contributed by atoms with Crippen molar-refractivity contribution in [2.75, 3.05) is 13.6 Å². The maximum atomic E-state index is 12.1. The molecule has 0 N–H and O–H groups in total. The Balaban J connectivity index is 1.90. The van der Waals surface area contributed by atoms with Crippen molar-refractivity contribution in [1.29, 1.82) is 0 Å². The van der Waals surface area contributed by atoms with Crippen LogP contribution >= 0.6 is 23.2 Å². The predicted octanol–water partition coefficient (Wildman–Crippen LogP) is 4.29. The van der Waals surface area contributed by atoms with Crippen molar-refractivity contribution in [1.82, 2.24) is 4.90 Å². The molecule has 0 spiro atoms. The molecule has 0 radical (unpaired) electrons. The van der Waals surface area contributed by atoms with Gasteiger partial charge in [0.1, 0.15) is 0 Å². The molecule has 3 nitrogen and oxygen atoms in total. The number of rotatable bonds is 6. The fraction of sp³-hybridized carbons (Fsp3) is 0.267. The molecule has 1 heterocycles. The average Bonchev–Trinajstić information content (AvgIpc) is 2.92. The zero-order valence-corrected chi connectivity index (χ0v) is 12.6. The largest absolute Gasteiger partial charge is 0.472 e. The van der Waals surface area contributed by atoms with Crippen molar-refractivity contribution in [2.45, 2.75) is 13.0 Å². The lowest BCUT2D eigenvalue weighted by molar-refractivity contribution is 0.0968. The van der Waals surface area contributed by atoms with Crippen LogP contribution < -0.4 is 0 Å². The van der Waals surface area contributed by atoms with Crippen LogP contribution in [0.15, 0.2) is 41.2 Å². The van der Waals surface area contributed by atoms with Gasteiger partial charge in [0.05, 0.1) is 22.6 Å². The third-order valence-corrected chi connectivity index (χ3v) is 3.82. The minimum atomic E-state index is -0.00320. The van der Waals surface area contributed by atoms with Crippen molar-refractivity contribution in [3.63, 3.8) is 0 Å². The fourth-order valence-corrected chi connectivity index (χ4v) is 2.33. The Bertz CT molecular complexity index is 582. The summed E-state index contributed by atoms with van der Waals surface area (Å²) in [5, 5.41) is 0.737. The van der Waals surface area contributed by atoms with E-state index in [0.717, 1.165) is 12.1 Å². The van der Waals surface area contributed by atoms with Gasteiger partial charge < -0.3 is 9.32 Å². The summed E-state index contributed by atoms with van der Waals surface area (Å²) in [7, 11) is 1.96. The number of carbonyl (C=O) groups excluding carboxylic acids is 1. The summed E-state index contributed by atoms with van der Waals surface area (Å²) < 4.78 is 5.01. The minimum absolute atomic E-state index is 0.00320. The lowest BCUT2D eigenvalue weighted by Gasteiger charge is -2.15. The number of benzene rings is 1. The van der Waals surface area contributed by atoms with Crippen molar-refractivity contribution >= 4 is 29.0 Å². The number of halogens is 2. The molecule has 1 aromatic carbocycles. The van der Waals surface area contributed by atoms with Crippen LogP contribution in [-0.4, -0.2) is 24.3 Å². The van der Waals surface area contributed by atoms with E-state index >= 15 is 0 Å². The Morgan fingerprint density at radius 1 is 1.30 bits per heavy atom. The summed E-state index contributed by atoms with van der Waals surface area (Å²) in [5.41, 5.74) is 1.57. The highest BCUT2D eigenvalue weighted by Crippen LogP contribution is 2.26. The molecule has 2 aromatic rings. The molecule has 20 heavy (non-hydrogen) atoms. The molecule has 0 saturated carbocycles. The molecule has 5 heteroatoms. The van der Waals surface area contributed by atoms with Crippen LogP contribution in [0.5, 0.6) is 0 Å². The highest BCUT2D eigenvalue weighted by molar-refractivity contribution is 6.43. The van der Waals surface area contributed by atoms with Gasteiger partial charge in [-0.15, -0.1) is 0 Å². The lowest BCUT2D eigenvalue weighted by atomic mass is 10.1. The smallest absolute Gasteiger partial charge is 0.165 e. The summed E-state index contributed by atoms with van der Waals surface area (Å²) in [6, 6.07) is 7.01. The van der Waals surface area contributed by atoms with E-state index in [2.05, 4.69) is 4.90 Å². The van der Waals surface area contributed by atoms with Gasteiger partial charge in [-0.25, -0.2) is 0 Å². The van der Waals surface area contributed by atoms with Crippen LogP contribution in [0.2, 0.25) is 10.0 Å². The summed E-state index contributed by atoms with van der Waals surface area (Å²) in [4.78, 5) is 14.2. The van der Waals surface area contributed by atoms with Gasteiger partial charge in [0.15, 0.2) is 5.78 Å². The number of furan rings is 1. The molecule has 0 atom stereocenters. The maximum absolute atomic E-state index is 12.1. The molecule has 0 aliphatic carbocycles. The molecule has 2 rings (SSSR count). The molecule has 1 aromatic heterocycles. The molecule has 0 unspecified atom stereocenters.